The molecule has 0 amide bonds. The topological polar surface area (TPSA) is 59.1 Å². The van der Waals surface area contributed by atoms with Crippen molar-refractivity contribution in [3.8, 4) is 5.75 Å². The van der Waals surface area contributed by atoms with Gasteiger partial charge in [-0.3, -0.25) is 4.79 Å². The molecule has 6 nitrogen and oxygen atoms in total. The maximum atomic E-state index is 10.9. The van der Waals surface area contributed by atoms with Crippen LogP contribution in [0, 0.1) is 19.8 Å². The first kappa shape index (κ1) is 64.2. The summed E-state index contributed by atoms with van der Waals surface area (Å²) < 4.78 is 11.3. The summed E-state index contributed by atoms with van der Waals surface area (Å²) in [5.74, 6) is 3.10. The SMILES string of the molecule is CCC(C)=O.CCC=C(OCC(C)=O)N1CCC(C)CC1.CCCC.CCCC(CCC)N(CCC)CCC.CCCOc1ccc(C)cc1CCC.CCCc1ccccc1C. The van der Waals surface area contributed by atoms with Crippen molar-refractivity contribution in [3.05, 3.63) is 76.7 Å². The van der Waals surface area contributed by atoms with Crippen LogP contribution in [-0.2, 0) is 27.2 Å². The number of carbonyl (C=O) groups is 2. The molecule has 0 aromatic heterocycles. The van der Waals surface area contributed by atoms with Gasteiger partial charge in [-0.25, -0.2) is 0 Å². The molecule has 0 saturated carbocycles. The Morgan fingerprint density at radius 2 is 1.24 bits per heavy atom. The number of benzene rings is 2. The van der Waals surface area contributed by atoms with Crippen LogP contribution in [0.25, 0.3) is 0 Å². The van der Waals surface area contributed by atoms with E-state index in [4.69, 9.17) is 9.47 Å². The first-order chi connectivity index (χ1) is 30.2. The van der Waals surface area contributed by atoms with Gasteiger partial charge in [0.1, 0.15) is 18.1 Å². The van der Waals surface area contributed by atoms with Crippen molar-refractivity contribution in [1.82, 2.24) is 9.80 Å². The molecular formula is C57H104N2O4. The molecule has 0 radical (unpaired) electrons. The lowest BCUT2D eigenvalue weighted by Gasteiger charge is -2.33. The number of unbranched alkanes of at least 4 members (excludes halogenated alkanes) is 1. The van der Waals surface area contributed by atoms with Crippen LogP contribution in [0.15, 0.2) is 54.4 Å². The largest absolute Gasteiger partial charge is 0.493 e. The van der Waals surface area contributed by atoms with Crippen molar-refractivity contribution >= 4 is 11.6 Å². The van der Waals surface area contributed by atoms with Gasteiger partial charge < -0.3 is 24.1 Å². The summed E-state index contributed by atoms with van der Waals surface area (Å²) in [4.78, 5) is 25.7. The normalized spacial score (nSPS) is 12.2. The molecular weight excluding hydrogens is 777 g/mol. The summed E-state index contributed by atoms with van der Waals surface area (Å²) in [5.41, 5.74) is 5.58. The number of carbonyl (C=O) groups excluding carboxylic acids is 2. The molecule has 2 aromatic rings. The average molecular weight is 881 g/mol. The van der Waals surface area contributed by atoms with E-state index < -0.39 is 0 Å². The Balaban J connectivity index is -0.000000720. The monoisotopic (exact) mass is 881 g/mol. The van der Waals surface area contributed by atoms with Gasteiger partial charge in [-0.1, -0.05) is 164 Å². The summed E-state index contributed by atoms with van der Waals surface area (Å²) in [7, 11) is 0. The number of allylic oxidation sites excluding steroid dienone is 1. The van der Waals surface area contributed by atoms with Crippen LogP contribution in [0.3, 0.4) is 0 Å². The Morgan fingerprint density at radius 1 is 0.698 bits per heavy atom. The van der Waals surface area contributed by atoms with E-state index in [1.165, 1.54) is 119 Å². The highest BCUT2D eigenvalue weighted by atomic mass is 16.5. The van der Waals surface area contributed by atoms with Gasteiger partial charge in [-0.15, -0.1) is 0 Å². The van der Waals surface area contributed by atoms with Crippen LogP contribution < -0.4 is 4.74 Å². The lowest BCUT2D eigenvalue weighted by molar-refractivity contribution is -0.121. The van der Waals surface area contributed by atoms with Gasteiger partial charge in [0.05, 0.1) is 6.61 Å². The van der Waals surface area contributed by atoms with Gasteiger partial charge in [0.25, 0.3) is 0 Å². The molecule has 3 rings (SSSR count). The van der Waals surface area contributed by atoms with Gasteiger partial charge >= 0.3 is 0 Å². The van der Waals surface area contributed by atoms with Crippen molar-refractivity contribution in [1.29, 1.82) is 0 Å². The van der Waals surface area contributed by atoms with Crippen molar-refractivity contribution in [3.63, 3.8) is 0 Å². The second kappa shape index (κ2) is 45.4. The molecule has 366 valence electrons. The number of piperidine rings is 1. The van der Waals surface area contributed by atoms with E-state index in [0.29, 0.717) is 6.42 Å². The number of hydrogen-bond donors (Lipinski definition) is 0. The fourth-order valence-corrected chi connectivity index (χ4v) is 6.77. The molecule has 1 heterocycles. The number of nitrogens with zero attached hydrogens (tertiary/aromatic N) is 2. The quantitative estimate of drug-likeness (QED) is 0.104. The zero-order chi connectivity index (χ0) is 48.3. The van der Waals surface area contributed by atoms with E-state index in [0.717, 1.165) is 62.6 Å². The van der Waals surface area contributed by atoms with Crippen molar-refractivity contribution in [2.45, 2.75) is 226 Å². The van der Waals surface area contributed by atoms with E-state index in [2.05, 4.69) is 148 Å². The Hall–Kier alpha value is -3.12. The molecule has 1 fully saturated rings. The third kappa shape index (κ3) is 36.9. The highest BCUT2D eigenvalue weighted by molar-refractivity contribution is 5.76. The lowest BCUT2D eigenvalue weighted by Crippen LogP contribution is -2.36. The second-order valence-electron chi connectivity index (χ2n) is 17.3. The Bertz CT molecular complexity index is 1340. The van der Waals surface area contributed by atoms with Gasteiger partial charge in [-0.05, 0) is 140 Å². The Morgan fingerprint density at radius 3 is 1.67 bits per heavy atom. The zero-order valence-electron chi connectivity index (χ0n) is 44.6. The molecule has 1 saturated heterocycles. The highest BCUT2D eigenvalue weighted by Gasteiger charge is 2.19. The minimum Gasteiger partial charge on any atom is -0.493 e. The van der Waals surface area contributed by atoms with E-state index in [1.54, 1.807) is 13.8 Å². The van der Waals surface area contributed by atoms with Crippen molar-refractivity contribution < 1.29 is 19.1 Å². The zero-order valence-corrected chi connectivity index (χ0v) is 44.6. The molecule has 0 N–H and O–H groups in total. The predicted octanol–water partition coefficient (Wildman–Crippen LogP) is 16.1. The van der Waals surface area contributed by atoms with Crippen molar-refractivity contribution in [2.75, 3.05) is 39.4 Å². The molecule has 0 unspecified atom stereocenters. The fourth-order valence-electron chi connectivity index (χ4n) is 6.77. The number of hydrogen-bond acceptors (Lipinski definition) is 6. The third-order valence-electron chi connectivity index (χ3n) is 10.7. The number of Topliss-reactive ketones (excluding diaryl/α,β-unsaturated/α-hetero) is 2. The molecule has 63 heavy (non-hydrogen) atoms. The molecule has 0 bridgehead atoms. The summed E-state index contributed by atoms with van der Waals surface area (Å²) >= 11 is 0. The van der Waals surface area contributed by atoms with E-state index in [9.17, 15) is 9.59 Å². The fraction of sp³-hybridized carbons (Fsp3) is 0.719. The first-order valence-electron chi connectivity index (χ1n) is 25.8. The van der Waals surface area contributed by atoms with Crippen LogP contribution in [0.4, 0.5) is 0 Å². The molecule has 1 aliphatic heterocycles. The maximum Gasteiger partial charge on any atom is 0.185 e. The second-order valence-corrected chi connectivity index (χ2v) is 17.3. The van der Waals surface area contributed by atoms with Crippen LogP contribution in [0.5, 0.6) is 5.75 Å². The van der Waals surface area contributed by atoms with E-state index >= 15 is 0 Å². The molecule has 0 atom stereocenters. The van der Waals surface area contributed by atoms with E-state index in [-0.39, 0.29) is 18.2 Å². The molecule has 1 aliphatic rings. The summed E-state index contributed by atoms with van der Waals surface area (Å²) in [6, 6.07) is 15.9. The molecule has 6 heteroatoms. The smallest absolute Gasteiger partial charge is 0.185 e. The standard InChI is InChI=1S/C13H23NO2.C13H29N.C13H20O.C10H14.C4H8O.C4H10/c1-4-5-13(16-10-12(3)15)14-8-6-11(2)7-9-14;1-5-9-13(10-6-2)14(11-7-3)12-8-4;1-4-6-12-10-11(3)7-8-13(12)14-9-5-2;1-3-6-10-8-5-4-7-9(10)2;1-3-4(2)5;1-3-4-2/h5,11H,4,6-10H2,1-3H3;13H,5-12H2,1-4H3;7-8,10H,4-6,9H2,1-3H3;4-5,7-8H,3,6H2,1-2H3;3H2,1-2H3;3-4H2,1-2H3. The van der Waals surface area contributed by atoms with Gasteiger partial charge in [0, 0.05) is 25.6 Å². The maximum absolute atomic E-state index is 10.9. The van der Waals surface area contributed by atoms with Crippen LogP contribution in [0.1, 0.15) is 215 Å². The van der Waals surface area contributed by atoms with E-state index in [1.807, 2.05) is 6.92 Å². The number of ketones is 2. The van der Waals surface area contributed by atoms with Crippen LogP contribution >= 0.6 is 0 Å². The van der Waals surface area contributed by atoms with Gasteiger partial charge in [0.2, 0.25) is 0 Å². The first-order valence-corrected chi connectivity index (χ1v) is 25.8. The summed E-state index contributed by atoms with van der Waals surface area (Å²) in [6.07, 6.45) is 22.6. The minimum atomic E-state index is 0.0763. The Labute approximate surface area is 392 Å². The van der Waals surface area contributed by atoms with Crippen molar-refractivity contribution in [2.24, 2.45) is 5.92 Å². The molecule has 2 aromatic carbocycles. The molecule has 0 aliphatic carbocycles. The number of rotatable bonds is 23. The summed E-state index contributed by atoms with van der Waals surface area (Å²) in [6.45, 7) is 39.4. The highest BCUT2D eigenvalue weighted by Crippen LogP contribution is 2.22. The van der Waals surface area contributed by atoms with Crippen LogP contribution in [-0.4, -0.2) is 66.8 Å². The number of likely N-dealkylation sites (tertiary alicyclic amines) is 1. The average Bonchev–Trinajstić information content (AvgIpc) is 3.27. The van der Waals surface area contributed by atoms with Gasteiger partial charge in [-0.2, -0.15) is 0 Å². The number of aryl methyl sites for hydroxylation is 4. The lowest BCUT2D eigenvalue weighted by atomic mass is 9.99. The Kier molecular flexibility index (Phi) is 46.3. The minimum absolute atomic E-state index is 0.0763. The molecule has 0 spiro atoms. The van der Waals surface area contributed by atoms with Crippen LogP contribution in [0.2, 0.25) is 0 Å². The predicted molar refractivity (Wildman–Crippen MR) is 278 cm³/mol. The third-order valence-corrected chi connectivity index (χ3v) is 10.7. The number of ether oxygens (including phenoxy) is 2. The summed E-state index contributed by atoms with van der Waals surface area (Å²) in [5, 5.41) is 0. The van der Waals surface area contributed by atoms with Gasteiger partial charge in [0.15, 0.2) is 11.7 Å².